The molecule has 0 saturated heterocycles. The van der Waals surface area contributed by atoms with Crippen LogP contribution in [0, 0.1) is 0 Å². The van der Waals surface area contributed by atoms with Crippen molar-refractivity contribution in [3.63, 3.8) is 0 Å². The number of aromatic nitrogens is 3. The van der Waals surface area contributed by atoms with Gasteiger partial charge in [-0.15, -0.1) is 39.4 Å². The summed E-state index contributed by atoms with van der Waals surface area (Å²) < 4.78 is 2.12. The van der Waals surface area contributed by atoms with Gasteiger partial charge in [-0.3, -0.25) is 4.79 Å². The molecule has 1 fully saturated rings. The third kappa shape index (κ3) is 3.69. The number of carbonyl (C=O) groups excluding carboxylic acids is 1. The molecule has 1 aliphatic carbocycles. The predicted octanol–water partition coefficient (Wildman–Crippen LogP) is 4.73. The first kappa shape index (κ1) is 19.1. The highest BCUT2D eigenvalue weighted by Crippen LogP contribution is 2.41. The molecule has 1 atom stereocenters. The van der Waals surface area contributed by atoms with E-state index in [1.165, 1.54) is 39.9 Å². The number of hydrogen-bond donors (Lipinski definition) is 0. The van der Waals surface area contributed by atoms with E-state index in [9.17, 15) is 4.79 Å². The van der Waals surface area contributed by atoms with Gasteiger partial charge in [-0.05, 0) is 47.7 Å². The Morgan fingerprint density at radius 1 is 1.28 bits per heavy atom. The number of thiophene rings is 2. The van der Waals surface area contributed by atoms with Crippen molar-refractivity contribution in [2.75, 3.05) is 12.3 Å². The Morgan fingerprint density at radius 3 is 2.93 bits per heavy atom. The normalized spacial score (nSPS) is 18.6. The predicted molar refractivity (Wildman–Crippen MR) is 119 cm³/mol. The highest BCUT2D eigenvalue weighted by Gasteiger charge is 2.34. The van der Waals surface area contributed by atoms with Crippen LogP contribution >= 0.6 is 34.4 Å². The van der Waals surface area contributed by atoms with Crippen LogP contribution in [-0.4, -0.2) is 37.9 Å². The summed E-state index contributed by atoms with van der Waals surface area (Å²) in [6, 6.07) is 6.42. The molecule has 1 saturated carbocycles. The van der Waals surface area contributed by atoms with Crippen LogP contribution in [-0.2, 0) is 17.8 Å². The van der Waals surface area contributed by atoms with Gasteiger partial charge in [0.2, 0.25) is 5.91 Å². The molecule has 1 amide bonds. The summed E-state index contributed by atoms with van der Waals surface area (Å²) in [5.74, 6) is 2.10. The van der Waals surface area contributed by atoms with Crippen LogP contribution in [0.5, 0.6) is 0 Å². The van der Waals surface area contributed by atoms with Crippen molar-refractivity contribution in [3.8, 4) is 0 Å². The number of rotatable bonds is 7. The van der Waals surface area contributed by atoms with Gasteiger partial charge in [0.25, 0.3) is 0 Å². The van der Waals surface area contributed by atoms with Gasteiger partial charge in [0.1, 0.15) is 5.82 Å². The second-order valence-electron chi connectivity index (χ2n) is 7.36. The first-order valence-corrected chi connectivity index (χ1v) is 12.6. The molecular weight excluding hydrogens is 420 g/mol. The van der Waals surface area contributed by atoms with E-state index in [0.29, 0.717) is 18.2 Å². The molecule has 29 heavy (non-hydrogen) atoms. The van der Waals surface area contributed by atoms with Crippen LogP contribution in [0.3, 0.4) is 0 Å². The lowest BCUT2D eigenvalue weighted by Crippen LogP contribution is -2.40. The Morgan fingerprint density at radius 2 is 2.17 bits per heavy atom. The molecule has 4 heterocycles. The van der Waals surface area contributed by atoms with Crippen molar-refractivity contribution in [3.05, 3.63) is 62.8 Å². The van der Waals surface area contributed by atoms with Crippen LogP contribution < -0.4 is 0 Å². The van der Waals surface area contributed by atoms with Gasteiger partial charge in [-0.2, -0.15) is 0 Å². The van der Waals surface area contributed by atoms with Crippen LogP contribution in [0.15, 0.2) is 46.8 Å². The summed E-state index contributed by atoms with van der Waals surface area (Å²) in [5.41, 5.74) is 1.29. The van der Waals surface area contributed by atoms with Crippen LogP contribution in [0.25, 0.3) is 0 Å². The number of amides is 1. The van der Waals surface area contributed by atoms with E-state index in [4.69, 9.17) is 0 Å². The molecule has 2 aliphatic rings. The smallest absolute Gasteiger partial charge is 0.233 e. The number of fused-ring (bicyclic) bond motifs is 1. The molecule has 5 rings (SSSR count). The van der Waals surface area contributed by atoms with Crippen molar-refractivity contribution in [1.29, 1.82) is 0 Å². The highest BCUT2D eigenvalue weighted by atomic mass is 32.2. The molecule has 5 nitrogen and oxygen atoms in total. The largest absolute Gasteiger partial charge is 0.330 e. The molecule has 3 aromatic heterocycles. The van der Waals surface area contributed by atoms with Crippen molar-refractivity contribution in [2.45, 2.75) is 42.9 Å². The zero-order chi connectivity index (χ0) is 19.8. The molecule has 1 aliphatic heterocycles. The van der Waals surface area contributed by atoms with Crippen molar-refractivity contribution in [1.82, 2.24) is 19.7 Å². The maximum absolute atomic E-state index is 13.3. The third-order valence-electron chi connectivity index (χ3n) is 5.42. The average Bonchev–Trinajstić information content (AvgIpc) is 3.14. The molecule has 0 N–H and O–H groups in total. The van der Waals surface area contributed by atoms with E-state index in [0.717, 1.165) is 23.9 Å². The summed E-state index contributed by atoms with van der Waals surface area (Å²) in [6.07, 6.45) is 5.16. The monoisotopic (exact) mass is 442 g/mol. The molecule has 3 aromatic rings. The summed E-state index contributed by atoms with van der Waals surface area (Å²) in [7, 11) is 0. The van der Waals surface area contributed by atoms with Gasteiger partial charge < -0.3 is 9.47 Å². The first-order chi connectivity index (χ1) is 14.3. The summed E-state index contributed by atoms with van der Waals surface area (Å²) >= 11 is 5.01. The third-order valence-corrected chi connectivity index (χ3v) is 8.30. The van der Waals surface area contributed by atoms with E-state index >= 15 is 0 Å². The van der Waals surface area contributed by atoms with Crippen LogP contribution in [0.2, 0.25) is 0 Å². The number of carbonyl (C=O) groups is 1. The van der Waals surface area contributed by atoms with E-state index in [1.54, 1.807) is 22.7 Å². The maximum Gasteiger partial charge on any atom is 0.233 e. The summed E-state index contributed by atoms with van der Waals surface area (Å²) in [6.45, 7) is 5.32. The van der Waals surface area contributed by atoms with Gasteiger partial charge in [0.15, 0.2) is 5.16 Å². The van der Waals surface area contributed by atoms with E-state index in [2.05, 4.69) is 50.3 Å². The van der Waals surface area contributed by atoms with Crippen molar-refractivity contribution >= 4 is 40.3 Å². The second-order valence-corrected chi connectivity index (χ2v) is 10.3. The van der Waals surface area contributed by atoms with Gasteiger partial charge >= 0.3 is 0 Å². The van der Waals surface area contributed by atoms with E-state index in [1.807, 2.05) is 11.0 Å². The number of thioether (sulfide) groups is 1. The standard InChI is InChI=1S/C21H22N4OS3/c1-2-9-25-20(14-5-6-14)22-23-21(25)29-13-18(26)24-10-7-16-15(8-12-28-16)19(24)17-4-3-11-27-17/h2-4,8,11-12,14,19H,1,5-7,9-10,13H2/t19-/m1/s1. The molecular formula is C21H22N4OS3. The Labute approximate surface area is 182 Å². The lowest BCUT2D eigenvalue weighted by molar-refractivity contribution is -0.130. The molecule has 8 heteroatoms. The Hall–Kier alpha value is -1.90. The van der Waals surface area contributed by atoms with Gasteiger partial charge in [-0.1, -0.05) is 23.9 Å². The fourth-order valence-corrected chi connectivity index (χ4v) is 6.50. The zero-order valence-corrected chi connectivity index (χ0v) is 18.4. The fourth-order valence-electron chi connectivity index (χ4n) is 3.90. The Bertz CT molecular complexity index is 1020. The van der Waals surface area contributed by atoms with Crippen LogP contribution in [0.4, 0.5) is 0 Å². The van der Waals surface area contributed by atoms with Crippen LogP contribution in [0.1, 0.15) is 45.9 Å². The topological polar surface area (TPSA) is 51.0 Å². The number of nitrogens with zero attached hydrogens (tertiary/aromatic N) is 4. The minimum atomic E-state index is 0.0335. The lowest BCUT2D eigenvalue weighted by atomic mass is 9.98. The maximum atomic E-state index is 13.3. The minimum absolute atomic E-state index is 0.0335. The summed E-state index contributed by atoms with van der Waals surface area (Å²) in [4.78, 5) is 17.9. The molecule has 0 unspecified atom stereocenters. The molecule has 0 aromatic carbocycles. The van der Waals surface area contributed by atoms with E-state index in [-0.39, 0.29) is 11.9 Å². The van der Waals surface area contributed by atoms with Gasteiger partial charge in [-0.25, -0.2) is 0 Å². The van der Waals surface area contributed by atoms with Gasteiger partial charge in [0, 0.05) is 28.8 Å². The first-order valence-electron chi connectivity index (χ1n) is 9.82. The summed E-state index contributed by atoms with van der Waals surface area (Å²) in [5, 5.41) is 13.8. The molecule has 0 bridgehead atoms. The zero-order valence-electron chi connectivity index (χ0n) is 16.0. The molecule has 150 valence electrons. The number of allylic oxidation sites excluding steroid dienone is 1. The fraction of sp³-hybridized carbons (Fsp3) is 0.381. The SMILES string of the molecule is C=CCn1c(SCC(=O)N2CCc3sccc3[C@@H]2c2cccs2)nnc1C1CC1. The Balaban J connectivity index is 1.35. The molecule has 0 spiro atoms. The molecule has 0 radical (unpaired) electrons. The highest BCUT2D eigenvalue weighted by molar-refractivity contribution is 7.99. The Kier molecular flexibility index (Phi) is 5.32. The minimum Gasteiger partial charge on any atom is -0.330 e. The second kappa shape index (κ2) is 8.08. The quantitative estimate of drug-likeness (QED) is 0.392. The van der Waals surface area contributed by atoms with Crippen molar-refractivity contribution < 1.29 is 4.79 Å². The van der Waals surface area contributed by atoms with Gasteiger partial charge in [0.05, 0.1) is 11.8 Å². The lowest BCUT2D eigenvalue weighted by Gasteiger charge is -2.35. The number of hydrogen-bond acceptors (Lipinski definition) is 6. The average molecular weight is 443 g/mol. The van der Waals surface area contributed by atoms with E-state index < -0.39 is 0 Å². The van der Waals surface area contributed by atoms with Crippen molar-refractivity contribution in [2.24, 2.45) is 0 Å².